The van der Waals surface area contributed by atoms with Gasteiger partial charge in [-0.3, -0.25) is 4.79 Å². The van der Waals surface area contributed by atoms with E-state index in [9.17, 15) is 9.59 Å². The summed E-state index contributed by atoms with van der Waals surface area (Å²) in [6.45, 7) is 3.88. The number of esters is 1. The summed E-state index contributed by atoms with van der Waals surface area (Å²) in [5.74, 6) is -0.285. The number of aryl methyl sites for hydroxylation is 2. The van der Waals surface area contributed by atoms with Gasteiger partial charge >= 0.3 is 5.97 Å². The molecule has 7 nitrogen and oxygen atoms in total. The number of hydrogen-bond acceptors (Lipinski definition) is 5. The smallest absolute Gasteiger partial charge is 0.343 e. The molecular weight excluding hydrogens is 526 g/mol. The second-order valence-electron chi connectivity index (χ2n) is 9.22. The maximum Gasteiger partial charge on any atom is 0.343 e. The minimum atomic E-state index is -0.487. The first-order valence-electron chi connectivity index (χ1n) is 12.5. The molecule has 0 fully saturated rings. The van der Waals surface area contributed by atoms with Crippen molar-refractivity contribution in [3.63, 3.8) is 0 Å². The minimum Gasteiger partial charge on any atom is -0.493 e. The van der Waals surface area contributed by atoms with Gasteiger partial charge in [0.15, 0.2) is 11.5 Å². The Labute approximate surface area is 236 Å². The van der Waals surface area contributed by atoms with Crippen LogP contribution in [0.2, 0.25) is 5.02 Å². The Morgan fingerprint density at radius 2 is 1.73 bits per heavy atom. The zero-order valence-corrected chi connectivity index (χ0v) is 22.9. The van der Waals surface area contributed by atoms with Crippen LogP contribution in [0.15, 0.2) is 90.0 Å². The Morgan fingerprint density at radius 3 is 2.50 bits per heavy atom. The third-order valence-corrected chi connectivity index (χ3v) is 6.77. The maximum atomic E-state index is 13.3. The lowest BCUT2D eigenvalue weighted by molar-refractivity contribution is 0.0729. The topological polar surface area (TPSA) is 92.8 Å². The number of aromatic nitrogens is 1. The number of rotatable bonds is 7. The molecule has 0 aliphatic heterocycles. The quantitative estimate of drug-likeness (QED) is 0.0976. The number of amides is 1. The fourth-order valence-electron chi connectivity index (χ4n) is 4.48. The minimum absolute atomic E-state index is 0.271. The molecule has 1 amide bonds. The largest absolute Gasteiger partial charge is 0.493 e. The van der Waals surface area contributed by atoms with Crippen LogP contribution in [-0.2, 0) is 0 Å². The van der Waals surface area contributed by atoms with Crippen LogP contribution in [-0.4, -0.2) is 30.2 Å². The highest BCUT2D eigenvalue weighted by atomic mass is 35.5. The normalized spacial score (nSPS) is 11.1. The standard InChI is InChI=1S/C32H26ClN3O4/c1-19-8-6-10-22(16-19)32(38)40-26-15-14-21(17-27(26)39-3)18-34-36-31(37)30-28(23-11-4-5-13-25(23)33)24-12-7-9-20(2)29(24)35-30/h4-18,35H,1-3H3,(H,36,37). The molecule has 0 radical (unpaired) electrons. The lowest BCUT2D eigenvalue weighted by Gasteiger charge is -2.10. The number of carbonyl (C=O) groups is 2. The van der Waals surface area contributed by atoms with Crippen LogP contribution in [0.25, 0.3) is 22.0 Å². The Kier molecular flexibility index (Phi) is 7.66. The molecule has 2 N–H and O–H groups in total. The van der Waals surface area contributed by atoms with Gasteiger partial charge < -0.3 is 14.5 Å². The zero-order valence-electron chi connectivity index (χ0n) is 22.1. The summed E-state index contributed by atoms with van der Waals surface area (Å²) in [4.78, 5) is 29.1. The molecule has 0 bridgehead atoms. The van der Waals surface area contributed by atoms with Gasteiger partial charge in [0.2, 0.25) is 0 Å². The van der Waals surface area contributed by atoms with Crippen molar-refractivity contribution in [1.29, 1.82) is 0 Å². The number of nitrogens with one attached hydrogen (secondary N) is 2. The van der Waals surface area contributed by atoms with Gasteiger partial charge in [-0.05, 0) is 61.4 Å². The second kappa shape index (κ2) is 11.5. The fourth-order valence-corrected chi connectivity index (χ4v) is 4.71. The highest BCUT2D eigenvalue weighted by molar-refractivity contribution is 6.34. The molecule has 200 valence electrons. The van der Waals surface area contributed by atoms with Crippen LogP contribution < -0.4 is 14.9 Å². The van der Waals surface area contributed by atoms with E-state index >= 15 is 0 Å². The first-order chi connectivity index (χ1) is 19.4. The molecule has 1 aromatic heterocycles. The van der Waals surface area contributed by atoms with Crippen molar-refractivity contribution < 1.29 is 19.1 Å². The van der Waals surface area contributed by atoms with E-state index < -0.39 is 11.9 Å². The molecule has 0 saturated carbocycles. The number of halogens is 1. The lowest BCUT2D eigenvalue weighted by atomic mass is 10.0. The van der Waals surface area contributed by atoms with Gasteiger partial charge in [0.05, 0.1) is 18.9 Å². The fraction of sp³-hybridized carbons (Fsp3) is 0.0938. The van der Waals surface area contributed by atoms with Crippen molar-refractivity contribution in [3.8, 4) is 22.6 Å². The summed E-state index contributed by atoms with van der Waals surface area (Å²) in [6, 6.07) is 25.4. The third kappa shape index (κ3) is 5.46. The van der Waals surface area contributed by atoms with Gasteiger partial charge in [-0.1, -0.05) is 65.7 Å². The van der Waals surface area contributed by atoms with Gasteiger partial charge in [-0.25, -0.2) is 10.2 Å². The van der Waals surface area contributed by atoms with E-state index in [4.69, 9.17) is 21.1 Å². The van der Waals surface area contributed by atoms with Crippen LogP contribution in [0.1, 0.15) is 37.5 Å². The molecular formula is C32H26ClN3O4. The molecule has 0 atom stereocenters. The zero-order chi connectivity index (χ0) is 28.2. The highest BCUT2D eigenvalue weighted by Gasteiger charge is 2.21. The summed E-state index contributed by atoms with van der Waals surface area (Å²) in [6.07, 6.45) is 1.48. The number of fused-ring (bicyclic) bond motifs is 1. The van der Waals surface area contributed by atoms with Crippen molar-refractivity contribution in [2.75, 3.05) is 7.11 Å². The van der Waals surface area contributed by atoms with Crippen molar-refractivity contribution in [2.45, 2.75) is 13.8 Å². The molecule has 5 rings (SSSR count). The van der Waals surface area contributed by atoms with Gasteiger partial charge in [0.1, 0.15) is 5.69 Å². The number of hydrazone groups is 1. The van der Waals surface area contributed by atoms with Crippen molar-refractivity contribution in [3.05, 3.63) is 118 Å². The first kappa shape index (κ1) is 26.7. The number of hydrogen-bond donors (Lipinski definition) is 2. The van der Waals surface area contributed by atoms with E-state index in [-0.39, 0.29) is 5.75 Å². The van der Waals surface area contributed by atoms with E-state index in [1.54, 1.807) is 42.5 Å². The Morgan fingerprint density at radius 1 is 0.925 bits per heavy atom. The molecule has 0 aliphatic rings. The van der Waals surface area contributed by atoms with E-state index in [0.29, 0.717) is 33.2 Å². The van der Waals surface area contributed by atoms with Crippen LogP contribution in [0.5, 0.6) is 11.5 Å². The maximum absolute atomic E-state index is 13.3. The van der Waals surface area contributed by atoms with E-state index in [1.165, 1.54) is 13.3 Å². The van der Waals surface area contributed by atoms with Crippen molar-refractivity contribution in [2.24, 2.45) is 5.10 Å². The van der Waals surface area contributed by atoms with Gasteiger partial charge in [0.25, 0.3) is 5.91 Å². The molecule has 0 unspecified atom stereocenters. The number of nitrogens with zero attached hydrogens (tertiary/aromatic N) is 1. The van der Waals surface area contributed by atoms with Gasteiger partial charge in [-0.2, -0.15) is 5.10 Å². The predicted molar refractivity (Wildman–Crippen MR) is 158 cm³/mol. The molecule has 8 heteroatoms. The number of methoxy groups -OCH3 is 1. The van der Waals surface area contributed by atoms with Gasteiger partial charge in [0, 0.05) is 27.1 Å². The molecule has 0 spiro atoms. The number of ether oxygens (including phenoxy) is 2. The van der Waals surface area contributed by atoms with Gasteiger partial charge in [-0.15, -0.1) is 0 Å². The number of H-pyrrole nitrogens is 1. The SMILES string of the molecule is COc1cc(C=NNC(=O)c2[nH]c3c(C)cccc3c2-c2ccccc2Cl)ccc1OC(=O)c1cccc(C)c1. The monoisotopic (exact) mass is 551 g/mol. The molecule has 4 aromatic carbocycles. The summed E-state index contributed by atoms with van der Waals surface area (Å²) >= 11 is 6.51. The van der Waals surface area contributed by atoms with Crippen LogP contribution in [0.4, 0.5) is 0 Å². The molecule has 5 aromatic rings. The van der Waals surface area contributed by atoms with Crippen LogP contribution >= 0.6 is 11.6 Å². The number of aromatic amines is 1. The van der Waals surface area contributed by atoms with Crippen LogP contribution in [0.3, 0.4) is 0 Å². The van der Waals surface area contributed by atoms with Crippen molar-refractivity contribution in [1.82, 2.24) is 10.4 Å². The van der Waals surface area contributed by atoms with E-state index in [1.807, 2.05) is 56.3 Å². The van der Waals surface area contributed by atoms with Crippen molar-refractivity contribution >= 4 is 40.6 Å². The second-order valence-corrected chi connectivity index (χ2v) is 9.63. The summed E-state index contributed by atoms with van der Waals surface area (Å²) in [5, 5.41) is 5.58. The number of para-hydroxylation sites is 1. The molecule has 0 saturated heterocycles. The van der Waals surface area contributed by atoms with E-state index in [2.05, 4.69) is 15.5 Å². The average Bonchev–Trinajstić information content (AvgIpc) is 3.35. The van der Waals surface area contributed by atoms with E-state index in [0.717, 1.165) is 27.6 Å². The lowest BCUT2D eigenvalue weighted by Crippen LogP contribution is -2.19. The summed E-state index contributed by atoms with van der Waals surface area (Å²) in [7, 11) is 1.48. The van der Waals surface area contributed by atoms with Crippen LogP contribution in [0, 0.1) is 13.8 Å². The average molecular weight is 552 g/mol. The first-order valence-corrected chi connectivity index (χ1v) is 12.9. The predicted octanol–water partition coefficient (Wildman–Crippen LogP) is 7.10. The summed E-state index contributed by atoms with van der Waals surface area (Å²) in [5.41, 5.74) is 8.29. The Balaban J connectivity index is 1.37. The third-order valence-electron chi connectivity index (χ3n) is 6.44. The Bertz CT molecular complexity index is 1770. The number of carbonyl (C=O) groups excluding carboxylic acids is 2. The Hall–Kier alpha value is -4.88. The summed E-state index contributed by atoms with van der Waals surface area (Å²) < 4.78 is 11.0. The molecule has 1 heterocycles. The molecule has 40 heavy (non-hydrogen) atoms. The molecule has 0 aliphatic carbocycles. The number of benzene rings is 4. The highest BCUT2D eigenvalue weighted by Crippen LogP contribution is 2.37.